The van der Waals surface area contributed by atoms with E-state index in [1.54, 1.807) is 26.2 Å². The van der Waals surface area contributed by atoms with Crippen molar-refractivity contribution in [1.29, 1.82) is 0 Å². The van der Waals surface area contributed by atoms with Gasteiger partial charge in [0, 0.05) is 75.5 Å². The van der Waals surface area contributed by atoms with Crippen LogP contribution in [0.2, 0.25) is 0 Å². The third-order valence-corrected chi connectivity index (χ3v) is 10.6. The van der Waals surface area contributed by atoms with Crippen molar-refractivity contribution in [1.82, 2.24) is 29.8 Å². The molecule has 0 radical (unpaired) electrons. The van der Waals surface area contributed by atoms with Gasteiger partial charge in [0.25, 0.3) is 5.91 Å². The van der Waals surface area contributed by atoms with Gasteiger partial charge < -0.3 is 19.4 Å². The molecule has 0 unspecified atom stereocenters. The monoisotopic (exact) mass is 734 g/mol. The van der Waals surface area contributed by atoms with Crippen molar-refractivity contribution in [2.24, 2.45) is 5.41 Å². The lowest BCUT2D eigenvalue weighted by atomic mass is 9.86. The largest absolute Gasteiger partial charge is 0.466 e. The number of nitrogens with zero attached hydrogens (tertiary/aromatic N) is 6. The van der Waals surface area contributed by atoms with E-state index < -0.39 is 17.6 Å². The second kappa shape index (κ2) is 15.0. The highest BCUT2D eigenvalue weighted by Gasteiger charge is 2.40. The number of carbonyl (C=O) groups is 2. The van der Waals surface area contributed by atoms with Crippen molar-refractivity contribution in [3.05, 3.63) is 58.7 Å². The molecule has 0 atom stereocenters. The Kier molecular flexibility index (Phi) is 10.4. The maximum atomic E-state index is 14.2. The van der Waals surface area contributed by atoms with Gasteiger partial charge in [-0.25, -0.2) is 9.97 Å². The first-order chi connectivity index (χ1) is 25.4. The van der Waals surface area contributed by atoms with Crippen LogP contribution in [0.25, 0.3) is 22.4 Å². The number of ether oxygens (including phenoxy) is 2. The molecule has 0 bridgehead atoms. The van der Waals surface area contributed by atoms with E-state index in [0.717, 1.165) is 43.0 Å². The standard InChI is InChI=1S/C38H45F3N8O4/c1-4-53-31(50)12-16-49-15-11-27-24(20-49)9-10-28(43-27)35(51)47-36-45-33-30(48(2)21-37(22-52-3)13-5-6-14-37)18-29(44-34(33)46-36)25-17-26(38(39,40)41)32(42-19-25)23-7-8-23/h9-10,17-19,23H,4-8,11-16,20-22H2,1-3H3,(H2,44,45,46,47,51). The predicted octanol–water partition coefficient (Wildman–Crippen LogP) is 6.52. The van der Waals surface area contributed by atoms with Crippen LogP contribution in [0.1, 0.15) is 90.8 Å². The van der Waals surface area contributed by atoms with Crippen LogP contribution in [0, 0.1) is 5.41 Å². The number of hydrogen-bond acceptors (Lipinski definition) is 10. The summed E-state index contributed by atoms with van der Waals surface area (Å²) in [6.07, 6.45) is 3.41. The number of halogens is 3. The number of aromatic nitrogens is 5. The average Bonchev–Trinajstić information content (AvgIpc) is 3.75. The van der Waals surface area contributed by atoms with E-state index in [1.165, 1.54) is 6.20 Å². The molecule has 1 aliphatic heterocycles. The number of anilines is 2. The summed E-state index contributed by atoms with van der Waals surface area (Å²) in [6, 6.07) is 6.44. The number of rotatable bonds is 13. The second-order valence-electron chi connectivity index (χ2n) is 14.6. The lowest BCUT2D eigenvalue weighted by Crippen LogP contribution is -2.37. The van der Waals surface area contributed by atoms with E-state index in [1.807, 2.05) is 13.1 Å². The molecule has 2 N–H and O–H groups in total. The van der Waals surface area contributed by atoms with Gasteiger partial charge in [-0.2, -0.15) is 18.2 Å². The number of amides is 1. The van der Waals surface area contributed by atoms with Crippen LogP contribution in [-0.4, -0.2) is 88.7 Å². The summed E-state index contributed by atoms with van der Waals surface area (Å²) in [4.78, 5) is 51.0. The normalized spacial score (nSPS) is 17.2. The van der Waals surface area contributed by atoms with E-state index in [-0.39, 0.29) is 45.8 Å². The van der Waals surface area contributed by atoms with Crippen molar-refractivity contribution >= 4 is 34.7 Å². The molecule has 0 aromatic carbocycles. The van der Waals surface area contributed by atoms with Crippen LogP contribution in [0.4, 0.5) is 24.8 Å². The summed E-state index contributed by atoms with van der Waals surface area (Å²) < 4.78 is 53.4. The molecule has 4 aromatic heterocycles. The zero-order valence-corrected chi connectivity index (χ0v) is 30.3. The molecule has 7 rings (SSSR count). The lowest BCUT2D eigenvalue weighted by Gasteiger charge is -2.34. The highest BCUT2D eigenvalue weighted by Crippen LogP contribution is 2.46. The van der Waals surface area contributed by atoms with Crippen molar-refractivity contribution in [3.8, 4) is 11.3 Å². The molecule has 2 fully saturated rings. The molecular formula is C38H45F3N8O4. The van der Waals surface area contributed by atoms with Gasteiger partial charge in [0.05, 0.1) is 42.3 Å². The fourth-order valence-electron chi connectivity index (χ4n) is 7.82. The molecule has 0 saturated heterocycles. The van der Waals surface area contributed by atoms with E-state index in [2.05, 4.69) is 40.0 Å². The zero-order chi connectivity index (χ0) is 37.3. The quantitative estimate of drug-likeness (QED) is 0.146. The highest BCUT2D eigenvalue weighted by molar-refractivity contribution is 6.03. The van der Waals surface area contributed by atoms with E-state index in [9.17, 15) is 22.8 Å². The number of esters is 1. The van der Waals surface area contributed by atoms with Crippen LogP contribution in [-0.2, 0) is 33.4 Å². The van der Waals surface area contributed by atoms with E-state index in [4.69, 9.17) is 9.47 Å². The molecular weight excluding hydrogens is 689 g/mol. The summed E-state index contributed by atoms with van der Waals surface area (Å²) in [6.45, 7) is 5.27. The van der Waals surface area contributed by atoms with Crippen molar-refractivity contribution in [3.63, 3.8) is 0 Å². The molecule has 3 aliphatic rings. The molecule has 282 valence electrons. The van der Waals surface area contributed by atoms with Crippen LogP contribution < -0.4 is 10.2 Å². The zero-order valence-electron chi connectivity index (χ0n) is 30.3. The van der Waals surface area contributed by atoms with E-state index in [0.29, 0.717) is 82.0 Å². The SMILES string of the molecule is CCOC(=O)CCN1CCc2nc(C(=O)Nc3nc4nc(-c5cnc(C6CC6)c(C(F)(F)F)c5)cc(N(C)CC5(COC)CCCC5)c4[nH]3)ccc2C1. The Balaban J connectivity index is 1.17. The number of alkyl halides is 3. The number of hydrogen-bond donors (Lipinski definition) is 2. The van der Waals surface area contributed by atoms with Crippen molar-refractivity contribution in [2.75, 3.05) is 57.2 Å². The van der Waals surface area contributed by atoms with Crippen LogP contribution in [0.15, 0.2) is 30.5 Å². The fourth-order valence-corrected chi connectivity index (χ4v) is 7.82. The van der Waals surface area contributed by atoms with Gasteiger partial charge in [-0.1, -0.05) is 18.9 Å². The van der Waals surface area contributed by atoms with Crippen molar-refractivity contribution < 1.29 is 32.2 Å². The average molecular weight is 735 g/mol. The Hall–Kier alpha value is -4.63. The van der Waals surface area contributed by atoms with Gasteiger partial charge in [0.1, 0.15) is 11.2 Å². The Bertz CT molecular complexity index is 1990. The summed E-state index contributed by atoms with van der Waals surface area (Å²) in [5.41, 5.74) is 3.28. The van der Waals surface area contributed by atoms with Gasteiger partial charge in [0.15, 0.2) is 5.65 Å². The number of methoxy groups -OCH3 is 1. The topological polar surface area (TPSA) is 138 Å². The first kappa shape index (κ1) is 36.7. The maximum Gasteiger partial charge on any atom is 0.418 e. The summed E-state index contributed by atoms with van der Waals surface area (Å²) in [5, 5.41) is 2.82. The fraction of sp³-hybridized carbons (Fsp3) is 0.526. The van der Waals surface area contributed by atoms with Gasteiger partial charge in [0.2, 0.25) is 5.95 Å². The predicted molar refractivity (Wildman–Crippen MR) is 193 cm³/mol. The molecule has 4 aromatic rings. The second-order valence-corrected chi connectivity index (χ2v) is 14.6. The summed E-state index contributed by atoms with van der Waals surface area (Å²) in [7, 11) is 3.64. The first-order valence-electron chi connectivity index (χ1n) is 18.3. The minimum Gasteiger partial charge on any atom is -0.466 e. The molecule has 2 aliphatic carbocycles. The smallest absolute Gasteiger partial charge is 0.418 e. The number of aromatic amines is 1. The lowest BCUT2D eigenvalue weighted by molar-refractivity contribution is -0.143. The third kappa shape index (κ3) is 8.15. The number of H-pyrrole nitrogens is 1. The molecule has 2 saturated carbocycles. The Morgan fingerprint density at radius 1 is 1.13 bits per heavy atom. The number of carbonyl (C=O) groups excluding carboxylic acids is 2. The minimum atomic E-state index is -4.56. The van der Waals surface area contributed by atoms with Gasteiger partial charge in [-0.05, 0) is 56.4 Å². The Labute approximate surface area is 305 Å². The van der Waals surface area contributed by atoms with Crippen LogP contribution in [0.5, 0.6) is 0 Å². The van der Waals surface area contributed by atoms with Crippen LogP contribution in [0.3, 0.4) is 0 Å². The molecule has 0 spiro atoms. The third-order valence-electron chi connectivity index (χ3n) is 10.6. The number of fused-ring (bicyclic) bond motifs is 2. The molecule has 1 amide bonds. The Morgan fingerprint density at radius 3 is 2.64 bits per heavy atom. The van der Waals surface area contributed by atoms with Crippen molar-refractivity contribution in [2.45, 2.75) is 76.9 Å². The Morgan fingerprint density at radius 2 is 1.92 bits per heavy atom. The van der Waals surface area contributed by atoms with Gasteiger partial charge in [-0.15, -0.1) is 0 Å². The van der Waals surface area contributed by atoms with Gasteiger partial charge >= 0.3 is 12.1 Å². The summed E-state index contributed by atoms with van der Waals surface area (Å²) in [5.74, 6) is -0.731. The molecule has 15 heteroatoms. The number of nitrogens with one attached hydrogen (secondary N) is 2. The first-order valence-corrected chi connectivity index (χ1v) is 18.3. The minimum absolute atomic E-state index is 0.0780. The number of pyridine rings is 3. The van der Waals surface area contributed by atoms with Crippen LogP contribution >= 0.6 is 0 Å². The summed E-state index contributed by atoms with van der Waals surface area (Å²) >= 11 is 0. The molecule has 12 nitrogen and oxygen atoms in total. The molecule has 53 heavy (non-hydrogen) atoms. The highest BCUT2D eigenvalue weighted by atomic mass is 19.4. The maximum absolute atomic E-state index is 14.2. The number of imidazole rings is 1. The van der Waals surface area contributed by atoms with E-state index >= 15 is 0 Å². The van der Waals surface area contributed by atoms with Gasteiger partial charge in [-0.3, -0.25) is 24.8 Å². The molecule has 5 heterocycles.